The molecule has 0 spiro atoms. The summed E-state index contributed by atoms with van der Waals surface area (Å²) < 4.78 is 11.3. The van der Waals surface area contributed by atoms with Crippen LogP contribution in [0, 0.1) is 0 Å². The molecule has 5 heteroatoms. The van der Waals surface area contributed by atoms with Gasteiger partial charge in [-0.3, -0.25) is 4.90 Å². The molecule has 1 amide bonds. The maximum atomic E-state index is 12.4. The Kier molecular flexibility index (Phi) is 6.20. The van der Waals surface area contributed by atoms with Crippen molar-refractivity contribution in [2.75, 3.05) is 18.1 Å². The Balaban J connectivity index is 2.63. The molecule has 1 fully saturated rings. The van der Waals surface area contributed by atoms with Crippen molar-refractivity contribution >= 4 is 17.9 Å². The minimum Gasteiger partial charge on any atom is -0.444 e. The number of carbonyl (C=O) groups is 1. The van der Waals surface area contributed by atoms with Crippen molar-refractivity contribution in [1.29, 1.82) is 0 Å². The number of hydrogen-bond acceptors (Lipinski definition) is 4. The summed E-state index contributed by atoms with van der Waals surface area (Å²) in [5, 5.41) is 0. The quantitative estimate of drug-likeness (QED) is 0.722. The summed E-state index contributed by atoms with van der Waals surface area (Å²) in [4.78, 5) is 14.2. The molecule has 1 aliphatic rings. The van der Waals surface area contributed by atoms with Gasteiger partial charge in [0.1, 0.15) is 11.3 Å². The van der Waals surface area contributed by atoms with Crippen molar-refractivity contribution in [3.8, 4) is 0 Å². The van der Waals surface area contributed by atoms with Crippen LogP contribution in [0.4, 0.5) is 4.79 Å². The van der Waals surface area contributed by atoms with E-state index < -0.39 is 11.3 Å². The fourth-order valence-corrected chi connectivity index (χ4v) is 3.33. The predicted octanol–water partition coefficient (Wildman–Crippen LogP) is 3.89. The maximum absolute atomic E-state index is 12.4. The fraction of sp³-hybridized carbons (Fsp3) is 0.933. The molecule has 0 aromatic carbocycles. The van der Waals surface area contributed by atoms with Crippen LogP contribution in [0.2, 0.25) is 0 Å². The first-order chi connectivity index (χ1) is 9.17. The average molecular weight is 303 g/mol. The van der Waals surface area contributed by atoms with Gasteiger partial charge in [-0.15, -0.1) is 0 Å². The van der Waals surface area contributed by atoms with Gasteiger partial charge < -0.3 is 9.47 Å². The Labute approximate surface area is 127 Å². The Morgan fingerprint density at radius 3 is 2.65 bits per heavy atom. The second kappa shape index (κ2) is 7.03. The first kappa shape index (κ1) is 17.6. The van der Waals surface area contributed by atoms with Crippen molar-refractivity contribution in [1.82, 2.24) is 4.90 Å². The van der Waals surface area contributed by atoms with E-state index in [2.05, 4.69) is 6.92 Å². The Bertz CT molecular complexity index is 326. The molecule has 0 aromatic rings. The van der Waals surface area contributed by atoms with Gasteiger partial charge in [0.15, 0.2) is 0 Å². The van der Waals surface area contributed by atoms with Gasteiger partial charge in [0.25, 0.3) is 0 Å². The fourth-order valence-electron chi connectivity index (χ4n) is 2.15. The smallest absolute Gasteiger partial charge is 0.412 e. The molecular formula is C15H29NO3S. The first-order valence-corrected chi connectivity index (χ1v) is 8.57. The molecule has 0 N–H and O–H groups in total. The van der Waals surface area contributed by atoms with E-state index in [4.69, 9.17) is 9.47 Å². The highest BCUT2D eigenvalue weighted by Gasteiger charge is 2.45. The van der Waals surface area contributed by atoms with Crippen LogP contribution >= 0.6 is 11.8 Å². The number of amides is 1. The lowest BCUT2D eigenvalue weighted by Crippen LogP contribution is -2.50. The van der Waals surface area contributed by atoms with Crippen molar-refractivity contribution in [2.24, 2.45) is 0 Å². The number of nitrogens with zero attached hydrogens (tertiary/aromatic N) is 1. The van der Waals surface area contributed by atoms with E-state index in [1.165, 1.54) is 12.8 Å². The van der Waals surface area contributed by atoms with Crippen LogP contribution in [0.1, 0.15) is 54.4 Å². The lowest BCUT2D eigenvalue weighted by molar-refractivity contribution is -0.0617. The summed E-state index contributed by atoms with van der Waals surface area (Å²) in [6.07, 6.45) is 2.14. The van der Waals surface area contributed by atoms with Gasteiger partial charge in [-0.1, -0.05) is 13.3 Å². The number of rotatable bonds is 5. The third kappa shape index (κ3) is 5.17. The predicted molar refractivity (Wildman–Crippen MR) is 84.1 cm³/mol. The van der Waals surface area contributed by atoms with Crippen LogP contribution in [0.3, 0.4) is 0 Å². The minimum atomic E-state index is -0.585. The molecule has 20 heavy (non-hydrogen) atoms. The van der Waals surface area contributed by atoms with Crippen molar-refractivity contribution < 1.29 is 14.3 Å². The molecule has 118 valence electrons. The zero-order valence-corrected chi connectivity index (χ0v) is 14.5. The largest absolute Gasteiger partial charge is 0.444 e. The van der Waals surface area contributed by atoms with Gasteiger partial charge in [-0.25, -0.2) is 4.79 Å². The van der Waals surface area contributed by atoms with Gasteiger partial charge in [0.05, 0.1) is 12.6 Å². The maximum Gasteiger partial charge on any atom is 0.412 e. The average Bonchev–Trinajstić information content (AvgIpc) is 2.58. The van der Waals surface area contributed by atoms with Crippen LogP contribution in [-0.2, 0) is 9.47 Å². The number of carbonyl (C=O) groups excluding carboxylic acids is 1. The standard InChI is InChI=1S/C15H29NO3S/c1-7-8-9-20-11-12-10-18-15(5,6)16(12)13(17)19-14(2,3)4/h12H,7-11H2,1-6H3/t12-/m1/s1. The highest BCUT2D eigenvalue weighted by molar-refractivity contribution is 7.99. The van der Waals surface area contributed by atoms with E-state index in [9.17, 15) is 4.79 Å². The lowest BCUT2D eigenvalue weighted by atomic mass is 10.2. The highest BCUT2D eigenvalue weighted by Crippen LogP contribution is 2.31. The van der Waals surface area contributed by atoms with Gasteiger partial charge in [-0.2, -0.15) is 11.8 Å². The zero-order valence-electron chi connectivity index (χ0n) is 13.7. The topological polar surface area (TPSA) is 38.8 Å². The van der Waals surface area contributed by atoms with E-state index in [0.717, 1.165) is 11.5 Å². The molecule has 0 radical (unpaired) electrons. The molecule has 1 rings (SSSR count). The summed E-state index contributed by atoms with van der Waals surface area (Å²) in [5.41, 5.74) is -1.06. The second-order valence-corrected chi connectivity index (χ2v) is 7.84. The van der Waals surface area contributed by atoms with Crippen molar-refractivity contribution in [3.05, 3.63) is 0 Å². The van der Waals surface area contributed by atoms with E-state index in [1.807, 2.05) is 46.4 Å². The second-order valence-electron chi connectivity index (χ2n) is 6.69. The summed E-state index contributed by atoms with van der Waals surface area (Å²) in [5.74, 6) is 2.04. The van der Waals surface area contributed by atoms with E-state index in [-0.39, 0.29) is 12.1 Å². The Morgan fingerprint density at radius 2 is 2.10 bits per heavy atom. The van der Waals surface area contributed by atoms with Crippen LogP contribution < -0.4 is 0 Å². The summed E-state index contributed by atoms with van der Waals surface area (Å²) >= 11 is 1.89. The summed E-state index contributed by atoms with van der Waals surface area (Å²) in [7, 11) is 0. The molecule has 0 aliphatic carbocycles. The summed E-state index contributed by atoms with van der Waals surface area (Å²) in [6.45, 7) is 12.3. The van der Waals surface area contributed by atoms with Crippen LogP contribution in [0.5, 0.6) is 0 Å². The third-order valence-electron chi connectivity index (χ3n) is 3.12. The van der Waals surface area contributed by atoms with E-state index >= 15 is 0 Å². The first-order valence-electron chi connectivity index (χ1n) is 7.41. The normalized spacial score (nSPS) is 22.1. The molecule has 1 heterocycles. The number of ether oxygens (including phenoxy) is 2. The van der Waals surface area contributed by atoms with Gasteiger partial charge in [0, 0.05) is 5.75 Å². The molecular weight excluding hydrogens is 274 g/mol. The van der Waals surface area contributed by atoms with Crippen LogP contribution in [0.15, 0.2) is 0 Å². The molecule has 4 nitrogen and oxygen atoms in total. The molecule has 0 aromatic heterocycles. The molecule has 1 aliphatic heterocycles. The lowest BCUT2D eigenvalue weighted by Gasteiger charge is -2.35. The molecule has 1 atom stereocenters. The SMILES string of the molecule is CCCCSC[C@H]1COC(C)(C)N1C(=O)OC(C)(C)C. The number of unbranched alkanes of at least 4 members (excludes halogenated alkanes) is 1. The molecule has 0 bridgehead atoms. The zero-order chi connectivity index (χ0) is 15.4. The van der Waals surface area contributed by atoms with Gasteiger partial charge >= 0.3 is 6.09 Å². The van der Waals surface area contributed by atoms with Crippen molar-refractivity contribution in [3.63, 3.8) is 0 Å². The highest BCUT2D eigenvalue weighted by atomic mass is 32.2. The van der Waals surface area contributed by atoms with Crippen LogP contribution in [-0.4, -0.2) is 46.5 Å². The minimum absolute atomic E-state index is 0.0988. The van der Waals surface area contributed by atoms with Crippen LogP contribution in [0.25, 0.3) is 0 Å². The third-order valence-corrected chi connectivity index (χ3v) is 4.31. The monoisotopic (exact) mass is 303 g/mol. The van der Waals surface area contributed by atoms with Crippen molar-refractivity contribution in [2.45, 2.75) is 71.8 Å². The van der Waals surface area contributed by atoms with Gasteiger partial charge in [-0.05, 0) is 46.8 Å². The Hall–Kier alpha value is -0.420. The molecule has 0 saturated carbocycles. The van der Waals surface area contributed by atoms with E-state index in [1.54, 1.807) is 4.90 Å². The number of hydrogen-bond donors (Lipinski definition) is 0. The van der Waals surface area contributed by atoms with Gasteiger partial charge in [0.2, 0.25) is 0 Å². The molecule has 0 unspecified atom stereocenters. The molecule has 1 saturated heterocycles. The number of thioether (sulfide) groups is 1. The Morgan fingerprint density at radius 1 is 1.45 bits per heavy atom. The van der Waals surface area contributed by atoms with E-state index in [0.29, 0.717) is 6.61 Å². The summed E-state index contributed by atoms with van der Waals surface area (Å²) in [6, 6.07) is 0.0988.